The number of benzene rings is 2. The first-order valence-electron chi connectivity index (χ1n) is 10.6. The van der Waals surface area contributed by atoms with E-state index >= 15 is 0 Å². The van der Waals surface area contributed by atoms with Crippen LogP contribution in [0, 0.1) is 16.0 Å². The SMILES string of the molecule is O=C(NCc1cc([N+](=O)[O-])ccc1O)C1CCN(S(=O)(=O)c2ccc3c(c2)CCC3)CC1. The van der Waals surface area contributed by atoms with E-state index in [9.17, 15) is 28.4 Å². The zero-order valence-electron chi connectivity index (χ0n) is 17.5. The number of rotatable bonds is 6. The Kier molecular flexibility index (Phi) is 6.16. The summed E-state index contributed by atoms with van der Waals surface area (Å²) in [5, 5.41) is 23.5. The van der Waals surface area contributed by atoms with Gasteiger partial charge in [-0.05, 0) is 61.4 Å². The van der Waals surface area contributed by atoms with Crippen molar-refractivity contribution in [1.29, 1.82) is 0 Å². The van der Waals surface area contributed by atoms with Crippen LogP contribution in [-0.4, -0.2) is 41.7 Å². The number of piperidine rings is 1. The quantitative estimate of drug-likeness (QED) is 0.504. The second-order valence-corrected chi connectivity index (χ2v) is 10.2. The molecule has 0 bridgehead atoms. The van der Waals surface area contributed by atoms with Crippen molar-refractivity contribution in [3.8, 4) is 5.75 Å². The third kappa shape index (κ3) is 4.46. The van der Waals surface area contributed by atoms with Crippen molar-refractivity contribution in [3.05, 3.63) is 63.2 Å². The zero-order valence-corrected chi connectivity index (χ0v) is 18.3. The lowest BCUT2D eigenvalue weighted by Gasteiger charge is -2.30. The Morgan fingerprint density at radius 2 is 1.84 bits per heavy atom. The van der Waals surface area contributed by atoms with Gasteiger partial charge in [0.15, 0.2) is 0 Å². The fourth-order valence-electron chi connectivity index (χ4n) is 4.37. The van der Waals surface area contributed by atoms with E-state index in [2.05, 4.69) is 5.32 Å². The lowest BCUT2D eigenvalue weighted by molar-refractivity contribution is -0.384. The van der Waals surface area contributed by atoms with Crippen LogP contribution in [-0.2, 0) is 34.2 Å². The fraction of sp³-hybridized carbons (Fsp3) is 0.409. The molecular formula is C22H25N3O6S. The lowest BCUT2D eigenvalue weighted by atomic mass is 9.97. The predicted molar refractivity (Wildman–Crippen MR) is 117 cm³/mol. The molecule has 1 aliphatic heterocycles. The maximum Gasteiger partial charge on any atom is 0.270 e. The first kappa shape index (κ1) is 22.2. The Hall–Kier alpha value is -2.98. The van der Waals surface area contributed by atoms with Crippen LogP contribution in [0.1, 0.15) is 36.0 Å². The van der Waals surface area contributed by atoms with Gasteiger partial charge < -0.3 is 10.4 Å². The highest BCUT2D eigenvalue weighted by atomic mass is 32.2. The van der Waals surface area contributed by atoms with Gasteiger partial charge in [0.05, 0.1) is 9.82 Å². The predicted octanol–water partition coefficient (Wildman–Crippen LogP) is 2.51. The molecule has 1 aliphatic carbocycles. The van der Waals surface area contributed by atoms with E-state index in [0.717, 1.165) is 24.8 Å². The maximum atomic E-state index is 13.0. The van der Waals surface area contributed by atoms with Gasteiger partial charge in [0.25, 0.3) is 5.69 Å². The molecule has 2 N–H and O–H groups in total. The normalized spacial score (nSPS) is 17.1. The van der Waals surface area contributed by atoms with E-state index in [4.69, 9.17) is 0 Å². The molecule has 32 heavy (non-hydrogen) atoms. The summed E-state index contributed by atoms with van der Waals surface area (Å²) >= 11 is 0. The smallest absolute Gasteiger partial charge is 0.270 e. The van der Waals surface area contributed by atoms with Crippen molar-refractivity contribution in [2.45, 2.75) is 43.5 Å². The molecule has 1 fully saturated rings. The number of aryl methyl sites for hydroxylation is 2. The van der Waals surface area contributed by atoms with E-state index in [1.807, 2.05) is 6.07 Å². The number of phenolic OH excluding ortho intramolecular Hbond substituents is 1. The standard InChI is InChI=1S/C22H25N3O6S/c26-21-7-5-19(25(28)29)12-18(21)14-23-22(27)16-8-10-24(11-9-16)32(30,31)20-6-4-15-2-1-3-17(15)13-20/h4-7,12-13,16,26H,1-3,8-11,14H2,(H,23,27). The van der Waals surface area contributed by atoms with Gasteiger partial charge in [-0.1, -0.05) is 6.07 Å². The van der Waals surface area contributed by atoms with E-state index in [0.29, 0.717) is 17.7 Å². The number of carbonyl (C=O) groups is 1. The molecule has 0 aromatic heterocycles. The fourth-order valence-corrected chi connectivity index (χ4v) is 5.89. The number of non-ortho nitro benzene ring substituents is 1. The maximum absolute atomic E-state index is 13.0. The second kappa shape index (κ2) is 8.87. The van der Waals surface area contributed by atoms with Gasteiger partial charge in [-0.15, -0.1) is 0 Å². The van der Waals surface area contributed by atoms with Gasteiger partial charge in [-0.3, -0.25) is 14.9 Å². The molecule has 4 rings (SSSR count). The number of nitrogens with one attached hydrogen (secondary N) is 1. The molecule has 2 aliphatic rings. The molecule has 1 amide bonds. The number of hydrogen-bond acceptors (Lipinski definition) is 6. The van der Waals surface area contributed by atoms with E-state index in [1.54, 1.807) is 12.1 Å². The number of carbonyl (C=O) groups excluding carboxylic acids is 1. The van der Waals surface area contributed by atoms with Crippen LogP contribution in [0.3, 0.4) is 0 Å². The van der Waals surface area contributed by atoms with E-state index in [-0.39, 0.29) is 48.5 Å². The van der Waals surface area contributed by atoms with E-state index < -0.39 is 14.9 Å². The van der Waals surface area contributed by atoms with Crippen molar-refractivity contribution < 1.29 is 23.2 Å². The summed E-state index contributed by atoms with van der Waals surface area (Å²) in [7, 11) is -3.60. The largest absolute Gasteiger partial charge is 0.508 e. The minimum Gasteiger partial charge on any atom is -0.508 e. The highest BCUT2D eigenvalue weighted by Crippen LogP contribution is 2.29. The van der Waals surface area contributed by atoms with Crippen LogP contribution in [0.15, 0.2) is 41.3 Å². The Morgan fingerprint density at radius 1 is 1.12 bits per heavy atom. The summed E-state index contributed by atoms with van der Waals surface area (Å²) < 4.78 is 27.5. The molecule has 1 saturated heterocycles. The summed E-state index contributed by atoms with van der Waals surface area (Å²) in [5.74, 6) is -0.751. The minimum atomic E-state index is -3.60. The molecular weight excluding hydrogens is 434 g/mol. The Morgan fingerprint density at radius 3 is 2.56 bits per heavy atom. The number of nitro benzene ring substituents is 1. The third-order valence-electron chi connectivity index (χ3n) is 6.26. The molecule has 170 valence electrons. The van der Waals surface area contributed by atoms with Gasteiger partial charge in [0, 0.05) is 43.2 Å². The summed E-state index contributed by atoms with van der Waals surface area (Å²) in [6.45, 7) is 0.457. The monoisotopic (exact) mass is 459 g/mol. The molecule has 0 radical (unpaired) electrons. The van der Waals surface area contributed by atoms with Crippen molar-refractivity contribution in [2.24, 2.45) is 5.92 Å². The van der Waals surface area contributed by atoms with Crippen molar-refractivity contribution >= 4 is 21.6 Å². The Bertz CT molecular complexity index is 1160. The van der Waals surface area contributed by atoms with Crippen molar-refractivity contribution in [1.82, 2.24) is 9.62 Å². The number of amides is 1. The van der Waals surface area contributed by atoms with E-state index in [1.165, 1.54) is 28.1 Å². The minimum absolute atomic E-state index is 0.0417. The van der Waals surface area contributed by atoms with Crippen molar-refractivity contribution in [3.63, 3.8) is 0 Å². The van der Waals surface area contributed by atoms with Gasteiger partial charge >= 0.3 is 0 Å². The molecule has 10 heteroatoms. The van der Waals surface area contributed by atoms with Gasteiger partial charge in [0.1, 0.15) is 5.75 Å². The average molecular weight is 460 g/mol. The molecule has 2 aromatic carbocycles. The van der Waals surface area contributed by atoms with Gasteiger partial charge in [0.2, 0.25) is 15.9 Å². The van der Waals surface area contributed by atoms with Gasteiger partial charge in [-0.25, -0.2) is 8.42 Å². The first-order valence-corrected chi connectivity index (χ1v) is 12.1. The van der Waals surface area contributed by atoms with Crippen LogP contribution in [0.4, 0.5) is 5.69 Å². The molecule has 0 unspecified atom stereocenters. The lowest BCUT2D eigenvalue weighted by Crippen LogP contribution is -2.42. The van der Waals surface area contributed by atoms with Crippen LogP contribution in [0.2, 0.25) is 0 Å². The highest BCUT2D eigenvalue weighted by Gasteiger charge is 2.32. The molecule has 0 spiro atoms. The van der Waals surface area contributed by atoms with Crippen LogP contribution >= 0.6 is 0 Å². The number of hydrogen-bond donors (Lipinski definition) is 2. The third-order valence-corrected chi connectivity index (χ3v) is 8.15. The molecule has 0 atom stereocenters. The Labute approximate surface area is 186 Å². The number of phenols is 1. The summed E-state index contributed by atoms with van der Waals surface area (Å²) in [4.78, 5) is 23.2. The van der Waals surface area contributed by atoms with Crippen LogP contribution in [0.25, 0.3) is 0 Å². The van der Waals surface area contributed by atoms with Gasteiger partial charge in [-0.2, -0.15) is 4.31 Å². The highest BCUT2D eigenvalue weighted by molar-refractivity contribution is 7.89. The summed E-state index contributed by atoms with van der Waals surface area (Å²) in [6, 6.07) is 8.99. The molecule has 2 aromatic rings. The topological polar surface area (TPSA) is 130 Å². The number of sulfonamides is 1. The number of nitrogens with zero attached hydrogens (tertiary/aromatic N) is 2. The van der Waals surface area contributed by atoms with Crippen LogP contribution in [0.5, 0.6) is 5.75 Å². The van der Waals surface area contributed by atoms with Crippen molar-refractivity contribution in [2.75, 3.05) is 13.1 Å². The van der Waals surface area contributed by atoms with Crippen LogP contribution < -0.4 is 5.32 Å². The molecule has 0 saturated carbocycles. The molecule has 9 nitrogen and oxygen atoms in total. The second-order valence-electron chi connectivity index (χ2n) is 8.25. The first-order chi connectivity index (χ1) is 15.3. The number of fused-ring (bicyclic) bond motifs is 1. The number of aromatic hydroxyl groups is 1. The average Bonchev–Trinajstić information content (AvgIpc) is 3.26. The summed E-state index contributed by atoms with van der Waals surface area (Å²) in [5.41, 5.74) is 2.40. The Balaban J connectivity index is 1.35. The molecule has 1 heterocycles. The zero-order chi connectivity index (χ0) is 22.9. The number of nitro groups is 1. The summed E-state index contributed by atoms with van der Waals surface area (Å²) in [6.07, 6.45) is 3.71.